The fourth-order valence-electron chi connectivity index (χ4n) is 2.63. The van der Waals surface area contributed by atoms with E-state index < -0.39 is 0 Å². The average molecular weight is 354 g/mol. The van der Waals surface area contributed by atoms with E-state index >= 15 is 0 Å². The van der Waals surface area contributed by atoms with Gasteiger partial charge in [-0.3, -0.25) is 4.79 Å². The van der Waals surface area contributed by atoms with Crippen LogP contribution in [-0.2, 0) is 0 Å². The molecule has 1 fully saturated rings. The highest BCUT2D eigenvalue weighted by atomic mass is 79.9. The van der Waals surface area contributed by atoms with Crippen LogP contribution in [0.4, 0.5) is 0 Å². The lowest BCUT2D eigenvalue weighted by molar-refractivity contribution is 0.0659. The second kappa shape index (κ2) is 7.36. The number of hydrogen-bond donors (Lipinski definition) is 0. The van der Waals surface area contributed by atoms with Gasteiger partial charge in [-0.05, 0) is 67.7 Å². The van der Waals surface area contributed by atoms with Gasteiger partial charge in [-0.1, -0.05) is 0 Å². The highest BCUT2D eigenvalue weighted by Gasteiger charge is 2.26. The summed E-state index contributed by atoms with van der Waals surface area (Å²) in [7, 11) is 2.17. The van der Waals surface area contributed by atoms with Crippen LogP contribution in [0, 0.1) is 5.92 Å². The number of piperidine rings is 1. The smallest absolute Gasteiger partial charge is 0.273 e. The summed E-state index contributed by atoms with van der Waals surface area (Å²) in [5.74, 6) is 0.728. The minimum atomic E-state index is 0.0399. The summed E-state index contributed by atoms with van der Waals surface area (Å²) in [5.41, 5.74) is 0.523. The van der Waals surface area contributed by atoms with Crippen molar-refractivity contribution in [3.05, 3.63) is 28.5 Å². The maximum atomic E-state index is 12.5. The molecule has 1 aliphatic rings. The van der Waals surface area contributed by atoms with Gasteiger partial charge >= 0.3 is 0 Å². The predicted octanol–water partition coefficient (Wildman–Crippen LogP) is 3.04. The zero-order valence-corrected chi connectivity index (χ0v) is 14.6. The lowest BCUT2D eigenvalue weighted by atomic mass is 9.95. The first kappa shape index (κ1) is 16.4. The molecule has 4 nitrogen and oxygen atoms in total. The molecule has 0 atom stereocenters. The molecule has 5 heteroatoms. The molecule has 2 heterocycles. The number of carbonyl (C=O) groups excluding carboxylic acids is 1. The van der Waals surface area contributed by atoms with Gasteiger partial charge in [0.2, 0.25) is 0 Å². The first-order valence-electron chi connectivity index (χ1n) is 7.59. The molecular weight excluding hydrogens is 330 g/mol. The molecule has 2 rings (SSSR count). The Morgan fingerprint density at radius 2 is 2.14 bits per heavy atom. The Labute approximate surface area is 135 Å². The number of nitrogens with zero attached hydrogens (tertiary/aromatic N) is 3. The zero-order chi connectivity index (χ0) is 15.4. The lowest BCUT2D eigenvalue weighted by Gasteiger charge is -2.34. The van der Waals surface area contributed by atoms with Gasteiger partial charge in [-0.25, -0.2) is 4.98 Å². The van der Waals surface area contributed by atoms with Crippen molar-refractivity contribution < 1.29 is 4.79 Å². The Balaban J connectivity index is 1.89. The largest absolute Gasteiger partial charge is 0.337 e. The van der Waals surface area contributed by atoms with Gasteiger partial charge in [0.05, 0.1) is 0 Å². The van der Waals surface area contributed by atoms with E-state index in [0.29, 0.717) is 17.7 Å². The van der Waals surface area contributed by atoms with Gasteiger partial charge in [0, 0.05) is 36.3 Å². The molecule has 1 aromatic heterocycles. The quantitative estimate of drug-likeness (QED) is 0.834. The summed E-state index contributed by atoms with van der Waals surface area (Å²) in [6.45, 7) is 7.22. The van der Waals surface area contributed by atoms with Gasteiger partial charge < -0.3 is 9.80 Å². The van der Waals surface area contributed by atoms with Crippen molar-refractivity contribution in [3.8, 4) is 0 Å². The molecule has 0 spiro atoms. The summed E-state index contributed by atoms with van der Waals surface area (Å²) in [6.07, 6.45) is 3.82. The summed E-state index contributed by atoms with van der Waals surface area (Å²) >= 11 is 3.41. The second-order valence-corrected chi connectivity index (χ2v) is 6.96. The molecule has 0 unspecified atom stereocenters. The second-order valence-electron chi connectivity index (χ2n) is 6.10. The standard InChI is InChI=1S/C16H24BrN3O/c1-12(2)19(3)11-13-6-9-20(10-7-13)16(21)15-14(17)5-4-8-18-15/h4-5,8,12-13H,6-7,9-11H2,1-3H3. The first-order chi connectivity index (χ1) is 9.99. The number of aromatic nitrogens is 1. The normalized spacial score (nSPS) is 16.8. The SMILES string of the molecule is CC(C)N(C)CC1CCN(C(=O)c2ncccc2Br)CC1. The number of rotatable bonds is 4. The lowest BCUT2D eigenvalue weighted by Crippen LogP contribution is -2.42. The van der Waals surface area contributed by atoms with Crippen molar-refractivity contribution in [2.45, 2.75) is 32.7 Å². The van der Waals surface area contributed by atoms with E-state index in [-0.39, 0.29) is 5.91 Å². The minimum Gasteiger partial charge on any atom is -0.337 e. The Morgan fingerprint density at radius 3 is 2.71 bits per heavy atom. The van der Waals surface area contributed by atoms with E-state index in [1.165, 1.54) is 0 Å². The monoisotopic (exact) mass is 353 g/mol. The summed E-state index contributed by atoms with van der Waals surface area (Å²) in [4.78, 5) is 21.0. The van der Waals surface area contributed by atoms with Gasteiger partial charge in [-0.15, -0.1) is 0 Å². The van der Waals surface area contributed by atoms with E-state index in [4.69, 9.17) is 0 Å². The van der Waals surface area contributed by atoms with Crippen molar-refractivity contribution in [3.63, 3.8) is 0 Å². The van der Waals surface area contributed by atoms with E-state index in [2.05, 4.69) is 46.7 Å². The molecule has 0 aromatic carbocycles. The minimum absolute atomic E-state index is 0.0399. The first-order valence-corrected chi connectivity index (χ1v) is 8.38. The predicted molar refractivity (Wildman–Crippen MR) is 88.3 cm³/mol. The number of hydrogen-bond acceptors (Lipinski definition) is 3. The van der Waals surface area contributed by atoms with Gasteiger partial charge in [-0.2, -0.15) is 0 Å². The Bertz CT molecular complexity index is 484. The highest BCUT2D eigenvalue weighted by molar-refractivity contribution is 9.10. The molecule has 0 aliphatic carbocycles. The van der Waals surface area contributed by atoms with Crippen LogP contribution < -0.4 is 0 Å². The van der Waals surface area contributed by atoms with E-state index in [0.717, 1.165) is 36.9 Å². The molecule has 1 aromatic rings. The number of likely N-dealkylation sites (tertiary alicyclic amines) is 1. The van der Waals surface area contributed by atoms with Crippen LogP contribution in [-0.4, -0.2) is 53.4 Å². The molecule has 1 amide bonds. The third-order valence-corrected chi connectivity index (χ3v) is 4.93. The Hall–Kier alpha value is -0.940. The third-order valence-electron chi connectivity index (χ3n) is 4.29. The molecule has 1 aliphatic heterocycles. The van der Waals surface area contributed by atoms with Crippen molar-refractivity contribution in [1.29, 1.82) is 0 Å². The highest BCUT2D eigenvalue weighted by Crippen LogP contribution is 2.22. The van der Waals surface area contributed by atoms with Gasteiger partial charge in [0.15, 0.2) is 0 Å². The summed E-state index contributed by atoms with van der Waals surface area (Å²) in [5, 5.41) is 0. The van der Waals surface area contributed by atoms with Crippen molar-refractivity contribution >= 4 is 21.8 Å². The summed E-state index contributed by atoms with van der Waals surface area (Å²) in [6, 6.07) is 4.27. The van der Waals surface area contributed by atoms with Crippen LogP contribution in [0.3, 0.4) is 0 Å². The maximum Gasteiger partial charge on any atom is 0.273 e. The van der Waals surface area contributed by atoms with E-state index in [9.17, 15) is 4.79 Å². The number of pyridine rings is 1. The molecule has 0 N–H and O–H groups in total. The van der Waals surface area contributed by atoms with E-state index in [1.54, 1.807) is 6.20 Å². The molecule has 0 radical (unpaired) electrons. The summed E-state index contributed by atoms with van der Waals surface area (Å²) < 4.78 is 0.775. The molecule has 21 heavy (non-hydrogen) atoms. The molecule has 116 valence electrons. The molecular formula is C16H24BrN3O. The fraction of sp³-hybridized carbons (Fsp3) is 0.625. The van der Waals surface area contributed by atoms with Gasteiger partial charge in [0.25, 0.3) is 5.91 Å². The average Bonchev–Trinajstić information content (AvgIpc) is 2.47. The fourth-order valence-corrected chi connectivity index (χ4v) is 3.05. The van der Waals surface area contributed by atoms with Crippen molar-refractivity contribution in [2.75, 3.05) is 26.7 Å². The number of carbonyl (C=O) groups is 1. The van der Waals surface area contributed by atoms with Crippen LogP contribution in [0.1, 0.15) is 37.2 Å². The molecule has 1 saturated heterocycles. The van der Waals surface area contributed by atoms with Crippen LogP contribution in [0.15, 0.2) is 22.8 Å². The van der Waals surface area contributed by atoms with Crippen LogP contribution in [0.25, 0.3) is 0 Å². The number of halogens is 1. The topological polar surface area (TPSA) is 36.4 Å². The zero-order valence-electron chi connectivity index (χ0n) is 13.1. The Kier molecular flexibility index (Phi) is 5.76. The molecule has 0 saturated carbocycles. The van der Waals surface area contributed by atoms with E-state index in [1.807, 2.05) is 17.0 Å². The number of amides is 1. The third kappa shape index (κ3) is 4.27. The van der Waals surface area contributed by atoms with Crippen molar-refractivity contribution in [1.82, 2.24) is 14.8 Å². The van der Waals surface area contributed by atoms with Crippen LogP contribution in [0.5, 0.6) is 0 Å². The molecule has 0 bridgehead atoms. The van der Waals surface area contributed by atoms with Crippen LogP contribution in [0.2, 0.25) is 0 Å². The maximum absolute atomic E-state index is 12.5. The van der Waals surface area contributed by atoms with Gasteiger partial charge in [0.1, 0.15) is 5.69 Å². The van der Waals surface area contributed by atoms with Crippen molar-refractivity contribution in [2.24, 2.45) is 5.92 Å². The Morgan fingerprint density at radius 1 is 1.48 bits per heavy atom. The van der Waals surface area contributed by atoms with Crippen LogP contribution >= 0.6 is 15.9 Å².